The van der Waals surface area contributed by atoms with Crippen molar-refractivity contribution < 1.29 is 22.1 Å². The SMILES string of the molecule is Fc1ccc(-c2noc(CN3CCCN(c4ccc(C(F)(F)F)cn4)CC3)n2)cc1. The van der Waals surface area contributed by atoms with Gasteiger partial charge in [-0.05, 0) is 42.8 Å². The molecule has 158 valence electrons. The molecule has 1 aromatic carbocycles. The molecule has 0 N–H and O–H groups in total. The minimum atomic E-state index is -4.39. The average molecular weight is 421 g/mol. The molecule has 0 radical (unpaired) electrons. The summed E-state index contributed by atoms with van der Waals surface area (Å²) in [6.45, 7) is 3.24. The second-order valence-electron chi connectivity index (χ2n) is 7.04. The van der Waals surface area contributed by atoms with Crippen LogP contribution in [0, 0.1) is 5.82 Å². The molecule has 0 atom stereocenters. The Labute approximate surface area is 170 Å². The van der Waals surface area contributed by atoms with E-state index in [0.717, 1.165) is 25.2 Å². The Bertz CT molecular complexity index is 972. The highest BCUT2D eigenvalue weighted by atomic mass is 19.4. The van der Waals surface area contributed by atoms with E-state index in [1.807, 2.05) is 4.90 Å². The first kappa shape index (κ1) is 20.3. The third kappa shape index (κ3) is 4.76. The predicted octanol–water partition coefficient (Wildman–Crippen LogP) is 4.00. The Morgan fingerprint density at radius 3 is 2.47 bits per heavy atom. The molecule has 0 amide bonds. The molecule has 0 unspecified atom stereocenters. The van der Waals surface area contributed by atoms with Crippen molar-refractivity contribution in [3.05, 3.63) is 59.9 Å². The Hall–Kier alpha value is -3.01. The van der Waals surface area contributed by atoms with Crippen LogP contribution in [0.1, 0.15) is 17.9 Å². The van der Waals surface area contributed by atoms with E-state index in [1.165, 1.54) is 18.2 Å². The van der Waals surface area contributed by atoms with Gasteiger partial charge in [-0.25, -0.2) is 9.37 Å². The standard InChI is InChI=1S/C20H19F4N5O/c21-16-5-2-14(3-6-16)19-26-18(30-27-19)13-28-8-1-9-29(11-10-28)17-7-4-15(12-25-17)20(22,23)24/h2-7,12H,1,8-11,13H2. The van der Waals surface area contributed by atoms with Crippen molar-refractivity contribution in [3.63, 3.8) is 0 Å². The number of aromatic nitrogens is 3. The number of hydrogen-bond donors (Lipinski definition) is 0. The summed E-state index contributed by atoms with van der Waals surface area (Å²) in [5.41, 5.74) is -0.0853. The third-order valence-corrected chi connectivity index (χ3v) is 4.92. The second kappa shape index (κ2) is 8.39. The van der Waals surface area contributed by atoms with Crippen molar-refractivity contribution in [2.24, 2.45) is 0 Å². The molecule has 1 aliphatic rings. The molecule has 1 fully saturated rings. The smallest absolute Gasteiger partial charge is 0.355 e. The number of hydrogen-bond acceptors (Lipinski definition) is 6. The van der Waals surface area contributed by atoms with Crippen LogP contribution < -0.4 is 4.90 Å². The molecule has 4 rings (SSSR count). The molecule has 6 nitrogen and oxygen atoms in total. The van der Waals surface area contributed by atoms with E-state index in [0.29, 0.717) is 49.3 Å². The highest BCUT2D eigenvalue weighted by Gasteiger charge is 2.31. The first-order chi connectivity index (χ1) is 14.4. The Balaban J connectivity index is 1.36. The van der Waals surface area contributed by atoms with Crippen LogP contribution in [0.2, 0.25) is 0 Å². The van der Waals surface area contributed by atoms with Crippen LogP contribution in [-0.2, 0) is 12.7 Å². The number of rotatable bonds is 4. The summed E-state index contributed by atoms with van der Waals surface area (Å²) in [4.78, 5) is 12.5. The minimum Gasteiger partial charge on any atom is -0.355 e. The van der Waals surface area contributed by atoms with Crippen LogP contribution in [0.15, 0.2) is 47.1 Å². The van der Waals surface area contributed by atoms with Crippen LogP contribution in [0.5, 0.6) is 0 Å². The molecule has 10 heteroatoms. The van der Waals surface area contributed by atoms with Crippen LogP contribution >= 0.6 is 0 Å². The zero-order valence-corrected chi connectivity index (χ0v) is 15.9. The normalized spacial score (nSPS) is 15.9. The summed E-state index contributed by atoms with van der Waals surface area (Å²) >= 11 is 0. The van der Waals surface area contributed by atoms with Crippen molar-refractivity contribution in [1.29, 1.82) is 0 Å². The molecule has 0 bridgehead atoms. The van der Waals surface area contributed by atoms with Crippen molar-refractivity contribution in [2.75, 3.05) is 31.1 Å². The van der Waals surface area contributed by atoms with Gasteiger partial charge in [0.2, 0.25) is 11.7 Å². The summed E-state index contributed by atoms with van der Waals surface area (Å²) in [5.74, 6) is 1.05. The second-order valence-corrected chi connectivity index (χ2v) is 7.04. The maximum atomic E-state index is 13.1. The zero-order chi connectivity index (χ0) is 21.1. The van der Waals surface area contributed by atoms with E-state index in [9.17, 15) is 17.6 Å². The molecule has 3 heterocycles. The summed E-state index contributed by atoms with van der Waals surface area (Å²) in [7, 11) is 0. The first-order valence-corrected chi connectivity index (χ1v) is 9.47. The van der Waals surface area contributed by atoms with Crippen LogP contribution in [0.25, 0.3) is 11.4 Å². The number of anilines is 1. The fourth-order valence-corrected chi connectivity index (χ4v) is 3.33. The maximum absolute atomic E-state index is 13.1. The number of halogens is 4. The van der Waals surface area contributed by atoms with E-state index in [1.54, 1.807) is 12.1 Å². The molecule has 1 aliphatic heterocycles. The number of benzene rings is 1. The first-order valence-electron chi connectivity index (χ1n) is 9.47. The molecule has 2 aromatic heterocycles. The Kier molecular flexibility index (Phi) is 5.67. The zero-order valence-electron chi connectivity index (χ0n) is 15.9. The topological polar surface area (TPSA) is 58.3 Å². The van der Waals surface area contributed by atoms with Crippen molar-refractivity contribution in [2.45, 2.75) is 19.1 Å². The van der Waals surface area contributed by atoms with Crippen molar-refractivity contribution >= 4 is 5.82 Å². The van der Waals surface area contributed by atoms with Gasteiger partial charge >= 0.3 is 6.18 Å². The molecule has 3 aromatic rings. The van der Waals surface area contributed by atoms with Gasteiger partial charge in [-0.3, -0.25) is 4.90 Å². The summed E-state index contributed by atoms with van der Waals surface area (Å²) in [5, 5.41) is 3.95. The van der Waals surface area contributed by atoms with Crippen LogP contribution in [0.3, 0.4) is 0 Å². The van der Waals surface area contributed by atoms with E-state index in [2.05, 4.69) is 20.0 Å². The lowest BCUT2D eigenvalue weighted by Gasteiger charge is -2.22. The molecular formula is C20H19F4N5O. The Morgan fingerprint density at radius 2 is 1.77 bits per heavy atom. The van der Waals surface area contributed by atoms with Gasteiger partial charge in [-0.2, -0.15) is 18.2 Å². The van der Waals surface area contributed by atoms with Crippen LogP contribution in [-0.4, -0.2) is 46.2 Å². The minimum absolute atomic E-state index is 0.334. The van der Waals surface area contributed by atoms with E-state index < -0.39 is 11.7 Å². The van der Waals surface area contributed by atoms with E-state index in [4.69, 9.17) is 4.52 Å². The van der Waals surface area contributed by atoms with Crippen molar-refractivity contribution in [3.8, 4) is 11.4 Å². The summed E-state index contributed by atoms with van der Waals surface area (Å²) < 4.78 is 56.5. The van der Waals surface area contributed by atoms with Gasteiger partial charge in [0.05, 0.1) is 12.1 Å². The highest BCUT2D eigenvalue weighted by molar-refractivity contribution is 5.53. The lowest BCUT2D eigenvalue weighted by Crippen LogP contribution is -2.31. The maximum Gasteiger partial charge on any atom is 0.417 e. The number of alkyl halides is 3. The molecule has 1 saturated heterocycles. The molecule has 0 spiro atoms. The van der Waals surface area contributed by atoms with Gasteiger partial charge < -0.3 is 9.42 Å². The average Bonchev–Trinajstić information content (AvgIpc) is 3.06. The lowest BCUT2D eigenvalue weighted by atomic mass is 10.2. The van der Waals surface area contributed by atoms with Gasteiger partial charge in [-0.15, -0.1) is 0 Å². The fraction of sp³-hybridized carbons (Fsp3) is 0.350. The third-order valence-electron chi connectivity index (χ3n) is 4.92. The lowest BCUT2D eigenvalue weighted by molar-refractivity contribution is -0.137. The molecular weight excluding hydrogens is 402 g/mol. The summed E-state index contributed by atoms with van der Waals surface area (Å²) in [6, 6.07) is 8.32. The van der Waals surface area contributed by atoms with E-state index in [-0.39, 0.29) is 5.82 Å². The van der Waals surface area contributed by atoms with Crippen molar-refractivity contribution in [1.82, 2.24) is 20.0 Å². The Morgan fingerprint density at radius 1 is 0.967 bits per heavy atom. The highest BCUT2D eigenvalue weighted by Crippen LogP contribution is 2.29. The predicted molar refractivity (Wildman–Crippen MR) is 101 cm³/mol. The van der Waals surface area contributed by atoms with Gasteiger partial charge in [0, 0.05) is 37.9 Å². The number of pyridine rings is 1. The monoisotopic (exact) mass is 421 g/mol. The fourth-order valence-electron chi connectivity index (χ4n) is 3.33. The van der Waals surface area contributed by atoms with Gasteiger partial charge in [0.1, 0.15) is 11.6 Å². The molecule has 30 heavy (non-hydrogen) atoms. The van der Waals surface area contributed by atoms with Gasteiger partial charge in [0.25, 0.3) is 0 Å². The summed E-state index contributed by atoms with van der Waals surface area (Å²) in [6.07, 6.45) is -2.70. The quantitative estimate of drug-likeness (QED) is 0.594. The van der Waals surface area contributed by atoms with Crippen LogP contribution in [0.4, 0.5) is 23.4 Å². The number of nitrogens with zero attached hydrogens (tertiary/aromatic N) is 5. The van der Waals surface area contributed by atoms with E-state index >= 15 is 0 Å². The molecule has 0 saturated carbocycles. The molecule has 0 aliphatic carbocycles. The largest absolute Gasteiger partial charge is 0.417 e. The van der Waals surface area contributed by atoms with Gasteiger partial charge in [-0.1, -0.05) is 5.16 Å². The van der Waals surface area contributed by atoms with Gasteiger partial charge in [0.15, 0.2) is 0 Å².